The summed E-state index contributed by atoms with van der Waals surface area (Å²) in [6.45, 7) is 0.532. The molecule has 0 aliphatic heterocycles. The van der Waals surface area contributed by atoms with E-state index < -0.39 is 10.0 Å². The number of rotatable bonds is 7. The summed E-state index contributed by atoms with van der Waals surface area (Å²) in [5, 5.41) is 2.09. The number of nitrogens with one attached hydrogen (secondary N) is 1. The highest BCUT2D eigenvalue weighted by atomic mass is 32.2. The molecular weight excluding hydrogens is 338 g/mol. The molecule has 1 aromatic carbocycles. The Morgan fingerprint density at radius 1 is 1.00 bits per heavy atom. The zero-order chi connectivity index (χ0) is 16.9. The molecule has 1 aliphatic rings. The van der Waals surface area contributed by atoms with Crippen molar-refractivity contribution in [2.24, 2.45) is 0 Å². The van der Waals surface area contributed by atoms with Crippen LogP contribution in [-0.2, 0) is 21.9 Å². The lowest BCUT2D eigenvalue weighted by Gasteiger charge is -2.36. The fraction of sp³-hybridized carbons (Fsp3) is 0.474. The lowest BCUT2D eigenvalue weighted by Crippen LogP contribution is -2.42. The summed E-state index contributed by atoms with van der Waals surface area (Å²) in [5.41, 5.74) is 1.06. The molecule has 0 amide bonds. The lowest BCUT2D eigenvalue weighted by atomic mass is 9.73. The summed E-state index contributed by atoms with van der Waals surface area (Å²) >= 11 is 1.75. The van der Waals surface area contributed by atoms with E-state index in [9.17, 15) is 8.42 Å². The predicted molar refractivity (Wildman–Crippen MR) is 101 cm³/mol. The third-order valence-electron chi connectivity index (χ3n) is 4.99. The van der Waals surface area contributed by atoms with Crippen LogP contribution in [0.3, 0.4) is 0 Å². The van der Waals surface area contributed by atoms with Crippen LogP contribution in [-0.4, -0.2) is 20.7 Å². The van der Waals surface area contributed by atoms with Crippen molar-refractivity contribution in [3.63, 3.8) is 0 Å². The number of thiophene rings is 1. The third-order valence-corrected chi connectivity index (χ3v) is 7.43. The molecule has 1 heterocycles. The topological polar surface area (TPSA) is 46.2 Å². The Balaban J connectivity index is 1.63. The quantitative estimate of drug-likeness (QED) is 0.804. The van der Waals surface area contributed by atoms with Gasteiger partial charge >= 0.3 is 0 Å². The van der Waals surface area contributed by atoms with Crippen LogP contribution in [0.4, 0.5) is 0 Å². The first-order valence-corrected chi connectivity index (χ1v) is 11.2. The Hall–Kier alpha value is -1.17. The van der Waals surface area contributed by atoms with Gasteiger partial charge in [-0.25, -0.2) is 13.1 Å². The van der Waals surface area contributed by atoms with E-state index in [4.69, 9.17) is 0 Å². The summed E-state index contributed by atoms with van der Waals surface area (Å²) in [4.78, 5) is 1.33. The molecule has 130 valence electrons. The zero-order valence-electron chi connectivity index (χ0n) is 13.9. The summed E-state index contributed by atoms with van der Waals surface area (Å²) < 4.78 is 27.8. The van der Waals surface area contributed by atoms with Gasteiger partial charge in [-0.1, -0.05) is 55.7 Å². The van der Waals surface area contributed by atoms with Crippen molar-refractivity contribution < 1.29 is 8.42 Å². The van der Waals surface area contributed by atoms with Gasteiger partial charge in [0.05, 0.1) is 5.75 Å². The molecule has 1 aliphatic carbocycles. The second kappa shape index (κ2) is 7.81. The molecule has 3 rings (SSSR count). The van der Waals surface area contributed by atoms with E-state index in [2.05, 4.69) is 22.2 Å². The molecule has 24 heavy (non-hydrogen) atoms. The second-order valence-electron chi connectivity index (χ2n) is 6.69. The Bertz CT molecular complexity index is 718. The average Bonchev–Trinajstić information content (AvgIpc) is 3.16. The number of aryl methyl sites for hydroxylation is 1. The molecule has 5 heteroatoms. The van der Waals surface area contributed by atoms with Crippen LogP contribution in [0.5, 0.6) is 0 Å². The van der Waals surface area contributed by atoms with Crippen LogP contribution >= 0.6 is 11.3 Å². The summed E-state index contributed by atoms with van der Waals surface area (Å²) in [6, 6.07) is 14.0. The van der Waals surface area contributed by atoms with Gasteiger partial charge < -0.3 is 0 Å². The van der Waals surface area contributed by atoms with Gasteiger partial charge in [-0.05, 0) is 36.3 Å². The Labute approximate surface area is 149 Å². The van der Waals surface area contributed by atoms with Crippen molar-refractivity contribution in [3.8, 4) is 0 Å². The third kappa shape index (κ3) is 4.47. The smallest absolute Gasteiger partial charge is 0.211 e. The van der Waals surface area contributed by atoms with Crippen molar-refractivity contribution in [2.45, 2.75) is 43.9 Å². The van der Waals surface area contributed by atoms with Crippen LogP contribution in [0.25, 0.3) is 0 Å². The first-order valence-electron chi connectivity index (χ1n) is 8.65. The number of sulfonamides is 1. The number of benzene rings is 1. The van der Waals surface area contributed by atoms with Crippen LogP contribution in [0.1, 0.15) is 42.5 Å². The largest absolute Gasteiger partial charge is 0.214 e. The van der Waals surface area contributed by atoms with E-state index >= 15 is 0 Å². The van der Waals surface area contributed by atoms with Crippen LogP contribution < -0.4 is 4.72 Å². The average molecular weight is 364 g/mol. The van der Waals surface area contributed by atoms with Crippen LogP contribution in [0.15, 0.2) is 47.8 Å². The molecular formula is C19H25NO2S2. The Morgan fingerprint density at radius 2 is 1.75 bits per heavy atom. The first kappa shape index (κ1) is 17.6. The van der Waals surface area contributed by atoms with Gasteiger partial charge in [0.15, 0.2) is 0 Å². The highest BCUT2D eigenvalue weighted by molar-refractivity contribution is 7.89. The second-order valence-corrected chi connectivity index (χ2v) is 9.57. The predicted octanol–water partition coefficient (Wildman–Crippen LogP) is 4.11. The highest BCUT2D eigenvalue weighted by Gasteiger charge is 2.35. The van der Waals surface area contributed by atoms with Gasteiger partial charge in [0.1, 0.15) is 0 Å². The van der Waals surface area contributed by atoms with Gasteiger partial charge in [-0.2, -0.15) is 0 Å². The fourth-order valence-corrected chi connectivity index (χ4v) is 5.67. The van der Waals surface area contributed by atoms with E-state index in [0.29, 0.717) is 13.0 Å². The first-order chi connectivity index (χ1) is 11.6. The molecule has 0 saturated heterocycles. The van der Waals surface area contributed by atoms with E-state index in [1.54, 1.807) is 11.3 Å². The van der Waals surface area contributed by atoms with E-state index in [0.717, 1.165) is 18.4 Å². The van der Waals surface area contributed by atoms with E-state index in [1.807, 2.05) is 30.3 Å². The van der Waals surface area contributed by atoms with Gasteiger partial charge in [0.2, 0.25) is 10.0 Å². The molecule has 0 radical (unpaired) electrons. The molecule has 0 spiro atoms. The van der Waals surface area contributed by atoms with Gasteiger partial charge in [0, 0.05) is 16.8 Å². The molecule has 1 N–H and O–H groups in total. The Morgan fingerprint density at radius 3 is 2.42 bits per heavy atom. The minimum absolute atomic E-state index is 0.00770. The number of hydrogen-bond acceptors (Lipinski definition) is 3. The summed E-state index contributed by atoms with van der Waals surface area (Å²) in [7, 11) is -3.25. The van der Waals surface area contributed by atoms with E-state index in [1.165, 1.54) is 24.1 Å². The fourth-order valence-electron chi connectivity index (χ4n) is 3.54. The van der Waals surface area contributed by atoms with Gasteiger partial charge in [-0.3, -0.25) is 0 Å². The normalized spacial score (nSPS) is 17.7. The monoisotopic (exact) mass is 363 g/mol. The van der Waals surface area contributed by atoms with Crippen molar-refractivity contribution in [1.82, 2.24) is 4.72 Å². The van der Waals surface area contributed by atoms with Crippen molar-refractivity contribution in [2.75, 3.05) is 12.3 Å². The molecule has 1 saturated carbocycles. The highest BCUT2D eigenvalue weighted by Crippen LogP contribution is 2.41. The summed E-state index contributed by atoms with van der Waals surface area (Å²) in [5.74, 6) is 0.150. The van der Waals surface area contributed by atoms with Crippen LogP contribution in [0, 0.1) is 0 Å². The molecule has 0 atom stereocenters. The minimum Gasteiger partial charge on any atom is -0.214 e. The molecule has 0 unspecified atom stereocenters. The zero-order valence-corrected chi connectivity index (χ0v) is 15.5. The van der Waals surface area contributed by atoms with Gasteiger partial charge in [-0.15, -0.1) is 11.3 Å². The maximum absolute atomic E-state index is 12.5. The van der Waals surface area contributed by atoms with Crippen molar-refractivity contribution in [3.05, 3.63) is 58.3 Å². The lowest BCUT2D eigenvalue weighted by molar-refractivity contribution is 0.298. The SMILES string of the molecule is O=S(=O)(CCc1ccccc1)NCC1(c2cccs2)CCCCC1. The summed E-state index contributed by atoms with van der Waals surface area (Å²) in [6.07, 6.45) is 6.34. The van der Waals surface area contributed by atoms with Crippen LogP contribution in [0.2, 0.25) is 0 Å². The van der Waals surface area contributed by atoms with E-state index in [-0.39, 0.29) is 11.2 Å². The molecule has 1 fully saturated rings. The molecule has 0 bridgehead atoms. The van der Waals surface area contributed by atoms with Gasteiger partial charge in [0.25, 0.3) is 0 Å². The Kier molecular flexibility index (Phi) is 5.74. The minimum atomic E-state index is -3.25. The number of hydrogen-bond donors (Lipinski definition) is 1. The maximum atomic E-state index is 12.5. The molecule has 1 aromatic heterocycles. The van der Waals surface area contributed by atoms with Crippen molar-refractivity contribution in [1.29, 1.82) is 0 Å². The van der Waals surface area contributed by atoms with Crippen molar-refractivity contribution >= 4 is 21.4 Å². The molecule has 2 aromatic rings. The maximum Gasteiger partial charge on any atom is 0.211 e. The standard InChI is InChI=1S/C19H25NO2S2/c21-24(22,15-11-17-8-3-1-4-9-17)20-16-19(12-5-2-6-13-19)18-10-7-14-23-18/h1,3-4,7-10,14,20H,2,5-6,11-13,15-16H2. The molecule has 3 nitrogen and oxygen atoms in total.